The number of unbranched alkanes of at least 4 members (excludes halogenated alkanes) is 2. The first-order valence-corrected chi connectivity index (χ1v) is 6.91. The lowest BCUT2D eigenvalue weighted by Crippen LogP contribution is -2.25. The van der Waals surface area contributed by atoms with Crippen LogP contribution in [-0.2, 0) is 11.2 Å². The molecule has 0 saturated heterocycles. The summed E-state index contributed by atoms with van der Waals surface area (Å²) in [5, 5.41) is 5.74. The van der Waals surface area contributed by atoms with Crippen molar-refractivity contribution < 1.29 is 9.59 Å². The van der Waals surface area contributed by atoms with Crippen LogP contribution in [0, 0.1) is 0 Å². The molecule has 1 aliphatic heterocycles. The van der Waals surface area contributed by atoms with Crippen molar-refractivity contribution in [2.75, 3.05) is 11.9 Å². The van der Waals surface area contributed by atoms with Crippen molar-refractivity contribution in [2.45, 2.75) is 39.0 Å². The van der Waals surface area contributed by atoms with Crippen molar-refractivity contribution in [3.05, 3.63) is 29.3 Å². The molecule has 2 amide bonds. The Balaban J connectivity index is 1.97. The van der Waals surface area contributed by atoms with E-state index in [0.29, 0.717) is 18.4 Å². The molecule has 0 fully saturated rings. The van der Waals surface area contributed by atoms with E-state index in [1.54, 1.807) is 6.07 Å². The Kier molecular flexibility index (Phi) is 4.55. The van der Waals surface area contributed by atoms with Gasteiger partial charge in [-0.25, -0.2) is 0 Å². The first-order valence-electron chi connectivity index (χ1n) is 6.91. The van der Waals surface area contributed by atoms with E-state index in [0.717, 1.165) is 37.1 Å². The molecule has 19 heavy (non-hydrogen) atoms. The maximum absolute atomic E-state index is 12.0. The van der Waals surface area contributed by atoms with Gasteiger partial charge in [-0.3, -0.25) is 9.59 Å². The van der Waals surface area contributed by atoms with Crippen LogP contribution in [0.25, 0.3) is 0 Å². The number of anilines is 1. The molecule has 0 bridgehead atoms. The number of hydrogen-bond donors (Lipinski definition) is 2. The molecule has 1 aromatic rings. The Morgan fingerprint density at radius 2 is 2.16 bits per heavy atom. The number of benzene rings is 1. The molecule has 0 aromatic heterocycles. The Morgan fingerprint density at radius 3 is 2.95 bits per heavy atom. The molecule has 0 aliphatic carbocycles. The van der Waals surface area contributed by atoms with E-state index in [1.165, 1.54) is 0 Å². The lowest BCUT2D eigenvalue weighted by atomic mass is 10.00. The second kappa shape index (κ2) is 6.36. The Morgan fingerprint density at radius 1 is 1.32 bits per heavy atom. The first-order chi connectivity index (χ1) is 9.20. The predicted molar refractivity (Wildman–Crippen MR) is 75.3 cm³/mol. The lowest BCUT2D eigenvalue weighted by molar-refractivity contribution is -0.116. The zero-order valence-corrected chi connectivity index (χ0v) is 11.3. The van der Waals surface area contributed by atoms with E-state index in [-0.39, 0.29) is 11.8 Å². The van der Waals surface area contributed by atoms with Crippen LogP contribution in [0.1, 0.15) is 48.5 Å². The van der Waals surface area contributed by atoms with E-state index in [1.807, 2.05) is 12.1 Å². The number of carbonyl (C=O) groups excluding carboxylic acids is 2. The summed E-state index contributed by atoms with van der Waals surface area (Å²) >= 11 is 0. The summed E-state index contributed by atoms with van der Waals surface area (Å²) in [4.78, 5) is 23.2. The summed E-state index contributed by atoms with van der Waals surface area (Å²) in [6.07, 6.45) is 4.50. The van der Waals surface area contributed by atoms with Crippen molar-refractivity contribution in [2.24, 2.45) is 0 Å². The summed E-state index contributed by atoms with van der Waals surface area (Å²) in [6, 6.07) is 5.46. The summed E-state index contributed by atoms with van der Waals surface area (Å²) in [5.41, 5.74) is 2.55. The van der Waals surface area contributed by atoms with Gasteiger partial charge in [-0.15, -0.1) is 0 Å². The van der Waals surface area contributed by atoms with Crippen LogP contribution >= 0.6 is 0 Å². The number of nitrogens with one attached hydrogen (secondary N) is 2. The Hall–Kier alpha value is -1.84. The minimum Gasteiger partial charge on any atom is -0.352 e. The fourth-order valence-electron chi connectivity index (χ4n) is 2.20. The molecule has 0 spiro atoms. The molecule has 2 rings (SSSR count). The van der Waals surface area contributed by atoms with Gasteiger partial charge in [0.05, 0.1) is 0 Å². The molecule has 1 heterocycles. The van der Waals surface area contributed by atoms with E-state index < -0.39 is 0 Å². The summed E-state index contributed by atoms with van der Waals surface area (Å²) in [5.74, 6) is 0.0140. The summed E-state index contributed by atoms with van der Waals surface area (Å²) in [7, 11) is 0. The third-order valence-corrected chi connectivity index (χ3v) is 3.33. The van der Waals surface area contributed by atoms with Crippen molar-refractivity contribution >= 4 is 17.5 Å². The smallest absolute Gasteiger partial charge is 0.251 e. The number of rotatable bonds is 5. The zero-order valence-electron chi connectivity index (χ0n) is 11.3. The van der Waals surface area contributed by atoms with Crippen LogP contribution in [0.3, 0.4) is 0 Å². The molecular weight excluding hydrogens is 240 g/mol. The fraction of sp³-hybridized carbons (Fsp3) is 0.467. The van der Waals surface area contributed by atoms with Gasteiger partial charge < -0.3 is 10.6 Å². The standard InChI is InChI=1S/C15H20N2O2/c1-2-3-4-9-16-15(19)12-5-7-13-11(10-12)6-8-14(18)17-13/h5,7,10H,2-4,6,8-9H2,1H3,(H,16,19)(H,17,18). The van der Waals surface area contributed by atoms with Gasteiger partial charge in [0.15, 0.2) is 0 Å². The minimum absolute atomic E-state index is 0.0317. The molecular formula is C15H20N2O2. The first kappa shape index (κ1) is 13.6. The van der Waals surface area contributed by atoms with E-state index in [2.05, 4.69) is 17.6 Å². The highest BCUT2D eigenvalue weighted by Gasteiger charge is 2.16. The van der Waals surface area contributed by atoms with Gasteiger partial charge in [-0.05, 0) is 36.6 Å². The summed E-state index contributed by atoms with van der Waals surface area (Å²) in [6.45, 7) is 2.86. The molecule has 2 N–H and O–H groups in total. The van der Waals surface area contributed by atoms with Gasteiger partial charge >= 0.3 is 0 Å². The van der Waals surface area contributed by atoms with Crippen LogP contribution < -0.4 is 10.6 Å². The van der Waals surface area contributed by atoms with Crippen molar-refractivity contribution in [1.82, 2.24) is 5.32 Å². The van der Waals surface area contributed by atoms with Crippen LogP contribution in [0.4, 0.5) is 5.69 Å². The molecule has 1 aromatic carbocycles. The number of hydrogen-bond acceptors (Lipinski definition) is 2. The van der Waals surface area contributed by atoms with Gasteiger partial charge in [0.2, 0.25) is 5.91 Å². The Bertz CT molecular complexity index is 483. The van der Waals surface area contributed by atoms with Crippen molar-refractivity contribution in [3.63, 3.8) is 0 Å². The average Bonchev–Trinajstić information content (AvgIpc) is 2.42. The molecule has 4 heteroatoms. The highest BCUT2D eigenvalue weighted by Crippen LogP contribution is 2.23. The molecule has 0 radical (unpaired) electrons. The highest BCUT2D eigenvalue weighted by molar-refractivity contribution is 5.97. The van der Waals surface area contributed by atoms with Gasteiger partial charge in [-0.1, -0.05) is 19.8 Å². The number of carbonyl (C=O) groups is 2. The van der Waals surface area contributed by atoms with E-state index >= 15 is 0 Å². The molecule has 0 saturated carbocycles. The number of amides is 2. The zero-order chi connectivity index (χ0) is 13.7. The largest absolute Gasteiger partial charge is 0.352 e. The van der Waals surface area contributed by atoms with Crippen molar-refractivity contribution in [1.29, 1.82) is 0 Å². The Labute approximate surface area is 113 Å². The van der Waals surface area contributed by atoms with Gasteiger partial charge in [0.25, 0.3) is 5.91 Å². The highest BCUT2D eigenvalue weighted by atomic mass is 16.2. The third-order valence-electron chi connectivity index (χ3n) is 3.33. The summed E-state index contributed by atoms with van der Waals surface area (Å²) < 4.78 is 0. The molecule has 4 nitrogen and oxygen atoms in total. The van der Waals surface area contributed by atoms with Gasteiger partial charge in [-0.2, -0.15) is 0 Å². The lowest BCUT2D eigenvalue weighted by Gasteiger charge is -2.17. The minimum atomic E-state index is -0.0317. The van der Waals surface area contributed by atoms with Crippen LogP contribution in [-0.4, -0.2) is 18.4 Å². The molecule has 0 unspecified atom stereocenters. The van der Waals surface area contributed by atoms with Crippen LogP contribution in [0.5, 0.6) is 0 Å². The molecule has 1 aliphatic rings. The van der Waals surface area contributed by atoms with Crippen LogP contribution in [0.2, 0.25) is 0 Å². The third kappa shape index (κ3) is 3.56. The normalized spacial score (nSPS) is 13.6. The predicted octanol–water partition coefficient (Wildman–Crippen LogP) is 2.49. The second-order valence-corrected chi connectivity index (χ2v) is 4.88. The molecule has 0 atom stereocenters. The fourth-order valence-corrected chi connectivity index (χ4v) is 2.20. The van der Waals surface area contributed by atoms with E-state index in [4.69, 9.17) is 0 Å². The van der Waals surface area contributed by atoms with Gasteiger partial charge in [0, 0.05) is 24.2 Å². The topological polar surface area (TPSA) is 58.2 Å². The quantitative estimate of drug-likeness (QED) is 0.799. The maximum Gasteiger partial charge on any atom is 0.251 e. The monoisotopic (exact) mass is 260 g/mol. The average molecular weight is 260 g/mol. The SMILES string of the molecule is CCCCCNC(=O)c1ccc2c(c1)CCC(=O)N2. The molecule has 102 valence electrons. The van der Waals surface area contributed by atoms with Crippen molar-refractivity contribution in [3.8, 4) is 0 Å². The number of fused-ring (bicyclic) bond motifs is 1. The maximum atomic E-state index is 12.0. The van der Waals surface area contributed by atoms with Crippen LogP contribution in [0.15, 0.2) is 18.2 Å². The number of aryl methyl sites for hydroxylation is 1. The second-order valence-electron chi connectivity index (χ2n) is 4.88. The van der Waals surface area contributed by atoms with Gasteiger partial charge in [0.1, 0.15) is 0 Å². The van der Waals surface area contributed by atoms with E-state index in [9.17, 15) is 9.59 Å².